The Morgan fingerprint density at radius 1 is 1.39 bits per heavy atom. The number of aryl methyl sites for hydroxylation is 2. The van der Waals surface area contributed by atoms with Crippen LogP contribution in [0.25, 0.3) is 10.9 Å². The van der Waals surface area contributed by atoms with E-state index < -0.39 is 0 Å². The van der Waals surface area contributed by atoms with E-state index in [2.05, 4.69) is 18.0 Å². The second-order valence-corrected chi connectivity index (χ2v) is 4.57. The van der Waals surface area contributed by atoms with Crippen LogP contribution in [0.3, 0.4) is 0 Å². The van der Waals surface area contributed by atoms with Gasteiger partial charge in [-0.05, 0) is 51.0 Å². The molecule has 0 amide bonds. The molecule has 2 aromatic rings. The third-order valence-corrected chi connectivity index (χ3v) is 3.13. The van der Waals surface area contributed by atoms with Crippen molar-refractivity contribution in [2.45, 2.75) is 33.6 Å². The lowest BCUT2D eigenvalue weighted by Gasteiger charge is -2.04. The van der Waals surface area contributed by atoms with Crippen LogP contribution >= 0.6 is 0 Å². The van der Waals surface area contributed by atoms with Crippen LogP contribution < -0.4 is 4.74 Å². The monoisotopic (exact) mass is 245 g/mol. The van der Waals surface area contributed by atoms with Crippen molar-refractivity contribution < 1.29 is 9.53 Å². The number of aromatic nitrogens is 1. The Bertz CT molecular complexity index is 569. The third-order valence-electron chi connectivity index (χ3n) is 3.13. The van der Waals surface area contributed by atoms with Crippen LogP contribution in [0.15, 0.2) is 18.2 Å². The first-order valence-corrected chi connectivity index (χ1v) is 6.35. The normalized spacial score (nSPS) is 10.8. The highest BCUT2D eigenvalue weighted by atomic mass is 16.5. The summed E-state index contributed by atoms with van der Waals surface area (Å²) in [6.07, 6.45) is 1.38. The molecule has 0 spiro atoms. The number of hydrogen-bond acceptors (Lipinski definition) is 2. The van der Waals surface area contributed by atoms with Gasteiger partial charge in [0.05, 0.1) is 6.61 Å². The van der Waals surface area contributed by atoms with E-state index in [1.54, 1.807) is 6.92 Å². The first-order chi connectivity index (χ1) is 8.61. The summed E-state index contributed by atoms with van der Waals surface area (Å²) in [4.78, 5) is 14.5. The molecular formula is C15H19NO2. The molecule has 0 unspecified atom stereocenters. The molecular weight excluding hydrogens is 226 g/mol. The predicted octanol–water partition coefficient (Wildman–Crippen LogP) is 3.40. The molecule has 3 nitrogen and oxygen atoms in total. The van der Waals surface area contributed by atoms with Gasteiger partial charge >= 0.3 is 0 Å². The van der Waals surface area contributed by atoms with Gasteiger partial charge in [-0.2, -0.15) is 0 Å². The summed E-state index contributed by atoms with van der Waals surface area (Å²) in [5.74, 6) is 1.11. The number of aromatic amines is 1. The lowest BCUT2D eigenvalue weighted by Crippen LogP contribution is -1.95. The molecule has 0 aliphatic rings. The quantitative estimate of drug-likeness (QED) is 0.877. The molecule has 96 valence electrons. The summed E-state index contributed by atoms with van der Waals surface area (Å²) >= 11 is 0. The van der Waals surface area contributed by atoms with Gasteiger partial charge in [-0.1, -0.05) is 0 Å². The van der Waals surface area contributed by atoms with Crippen molar-refractivity contribution in [1.82, 2.24) is 4.98 Å². The van der Waals surface area contributed by atoms with E-state index in [-0.39, 0.29) is 5.78 Å². The fourth-order valence-electron chi connectivity index (χ4n) is 2.24. The predicted molar refractivity (Wildman–Crippen MR) is 73.2 cm³/mol. The van der Waals surface area contributed by atoms with Gasteiger partial charge in [-0.25, -0.2) is 0 Å². The number of nitrogens with one attached hydrogen (secondary N) is 1. The van der Waals surface area contributed by atoms with Crippen LogP contribution in [0, 0.1) is 6.92 Å². The van der Waals surface area contributed by atoms with Crippen LogP contribution in [-0.2, 0) is 11.2 Å². The molecule has 0 aliphatic carbocycles. The minimum Gasteiger partial charge on any atom is -0.494 e. The van der Waals surface area contributed by atoms with E-state index in [9.17, 15) is 4.79 Å². The highest BCUT2D eigenvalue weighted by Crippen LogP contribution is 2.27. The fraction of sp³-hybridized carbons (Fsp3) is 0.400. The van der Waals surface area contributed by atoms with Gasteiger partial charge < -0.3 is 14.5 Å². The summed E-state index contributed by atoms with van der Waals surface area (Å²) in [5.41, 5.74) is 3.47. The highest BCUT2D eigenvalue weighted by molar-refractivity contribution is 5.86. The van der Waals surface area contributed by atoms with Crippen molar-refractivity contribution in [2.24, 2.45) is 0 Å². The Morgan fingerprint density at radius 2 is 2.17 bits per heavy atom. The molecule has 1 heterocycles. The molecule has 0 saturated carbocycles. The summed E-state index contributed by atoms with van der Waals surface area (Å²) in [5, 5.41) is 1.17. The van der Waals surface area contributed by atoms with E-state index >= 15 is 0 Å². The number of ether oxygens (including phenoxy) is 1. The van der Waals surface area contributed by atoms with Crippen LogP contribution in [0.4, 0.5) is 0 Å². The smallest absolute Gasteiger partial charge is 0.130 e. The van der Waals surface area contributed by atoms with Gasteiger partial charge in [0.1, 0.15) is 11.5 Å². The maximum Gasteiger partial charge on any atom is 0.130 e. The summed E-state index contributed by atoms with van der Waals surface area (Å²) < 4.78 is 5.52. The number of hydrogen-bond donors (Lipinski definition) is 1. The zero-order valence-corrected chi connectivity index (χ0v) is 11.2. The van der Waals surface area contributed by atoms with Gasteiger partial charge in [-0.15, -0.1) is 0 Å². The molecule has 0 aliphatic heterocycles. The van der Waals surface area contributed by atoms with E-state index in [4.69, 9.17) is 4.74 Å². The van der Waals surface area contributed by atoms with Crippen LogP contribution in [0.2, 0.25) is 0 Å². The van der Waals surface area contributed by atoms with E-state index in [0.717, 1.165) is 23.4 Å². The Balaban J connectivity index is 2.39. The molecule has 0 fully saturated rings. The van der Waals surface area contributed by atoms with Crippen molar-refractivity contribution in [2.75, 3.05) is 6.61 Å². The Hall–Kier alpha value is -1.77. The topological polar surface area (TPSA) is 42.1 Å². The van der Waals surface area contributed by atoms with Gasteiger partial charge in [0.15, 0.2) is 0 Å². The maximum atomic E-state index is 11.1. The van der Waals surface area contributed by atoms with Crippen LogP contribution in [-0.4, -0.2) is 17.4 Å². The number of benzene rings is 1. The standard InChI is InChI=1S/C15H19NO2/c1-4-18-12-6-8-15-14(9-12)13(11(3)16-15)7-5-10(2)17/h6,8-9,16H,4-5,7H2,1-3H3. The molecule has 0 atom stereocenters. The number of Topliss-reactive ketones (excluding diaryl/α,β-unsaturated/α-hetero) is 1. The summed E-state index contributed by atoms with van der Waals surface area (Å²) in [6.45, 7) is 6.33. The molecule has 0 saturated heterocycles. The minimum absolute atomic E-state index is 0.227. The van der Waals surface area contributed by atoms with Crippen molar-refractivity contribution in [3.63, 3.8) is 0 Å². The SMILES string of the molecule is CCOc1ccc2[nH]c(C)c(CCC(C)=O)c2c1. The van der Waals surface area contributed by atoms with E-state index in [1.165, 1.54) is 10.9 Å². The number of H-pyrrole nitrogens is 1. The van der Waals surface area contributed by atoms with Gasteiger partial charge in [0, 0.05) is 23.0 Å². The Labute approximate surface area is 107 Å². The van der Waals surface area contributed by atoms with Crippen molar-refractivity contribution in [3.05, 3.63) is 29.5 Å². The van der Waals surface area contributed by atoms with Crippen LogP contribution in [0.5, 0.6) is 5.75 Å². The van der Waals surface area contributed by atoms with E-state index in [1.807, 2.05) is 19.1 Å². The first kappa shape index (κ1) is 12.7. The van der Waals surface area contributed by atoms with Gasteiger partial charge in [0.2, 0.25) is 0 Å². The summed E-state index contributed by atoms with van der Waals surface area (Å²) in [6, 6.07) is 6.05. The molecule has 18 heavy (non-hydrogen) atoms. The average molecular weight is 245 g/mol. The largest absolute Gasteiger partial charge is 0.494 e. The third kappa shape index (κ3) is 2.55. The first-order valence-electron chi connectivity index (χ1n) is 6.35. The number of carbonyl (C=O) groups excluding carboxylic acids is 1. The van der Waals surface area contributed by atoms with Crippen molar-refractivity contribution in [1.29, 1.82) is 0 Å². The molecule has 0 radical (unpaired) electrons. The second-order valence-electron chi connectivity index (χ2n) is 4.57. The number of ketones is 1. The highest BCUT2D eigenvalue weighted by Gasteiger charge is 2.10. The minimum atomic E-state index is 0.227. The Morgan fingerprint density at radius 3 is 2.83 bits per heavy atom. The average Bonchev–Trinajstić information content (AvgIpc) is 2.62. The van der Waals surface area contributed by atoms with Gasteiger partial charge in [0.25, 0.3) is 0 Å². The second kappa shape index (κ2) is 5.25. The molecule has 3 heteroatoms. The molecule has 2 rings (SSSR count). The number of fused-ring (bicyclic) bond motifs is 1. The molecule has 1 aromatic heterocycles. The van der Waals surface area contributed by atoms with Crippen molar-refractivity contribution >= 4 is 16.7 Å². The summed E-state index contributed by atoms with van der Waals surface area (Å²) in [7, 11) is 0. The Kier molecular flexibility index (Phi) is 3.70. The lowest BCUT2D eigenvalue weighted by atomic mass is 10.0. The molecule has 1 aromatic carbocycles. The molecule has 1 N–H and O–H groups in total. The van der Waals surface area contributed by atoms with Crippen molar-refractivity contribution in [3.8, 4) is 5.75 Å². The fourth-order valence-corrected chi connectivity index (χ4v) is 2.24. The van der Waals surface area contributed by atoms with Crippen LogP contribution in [0.1, 0.15) is 31.5 Å². The van der Waals surface area contributed by atoms with Gasteiger partial charge in [-0.3, -0.25) is 0 Å². The maximum absolute atomic E-state index is 11.1. The molecule has 0 bridgehead atoms. The zero-order chi connectivity index (χ0) is 13.1. The number of rotatable bonds is 5. The number of carbonyl (C=O) groups is 1. The zero-order valence-electron chi connectivity index (χ0n) is 11.2. The lowest BCUT2D eigenvalue weighted by molar-refractivity contribution is -0.116. The van der Waals surface area contributed by atoms with E-state index in [0.29, 0.717) is 13.0 Å².